The second-order valence-electron chi connectivity index (χ2n) is 5.55. The van der Waals surface area contributed by atoms with Gasteiger partial charge in [-0.2, -0.15) is 0 Å². The zero-order chi connectivity index (χ0) is 14.4. The number of hydrogen-bond acceptors (Lipinski definition) is 4. The van der Waals surface area contributed by atoms with Crippen LogP contribution in [0.3, 0.4) is 0 Å². The van der Waals surface area contributed by atoms with Crippen LogP contribution in [0.5, 0.6) is 11.6 Å². The van der Waals surface area contributed by atoms with E-state index in [0.29, 0.717) is 18.5 Å². The summed E-state index contributed by atoms with van der Waals surface area (Å²) in [6.45, 7) is 0.664. The summed E-state index contributed by atoms with van der Waals surface area (Å²) in [4.78, 5) is 18.6. The molecule has 1 amide bonds. The molecule has 2 heterocycles. The predicted octanol–water partition coefficient (Wildman–Crippen LogP) is 2.13. The molecular formula is C16H16N2O3. The molecule has 1 aliphatic heterocycles. The van der Waals surface area contributed by atoms with Gasteiger partial charge in [0.05, 0.1) is 19.2 Å². The van der Waals surface area contributed by atoms with Crippen LogP contribution < -0.4 is 9.47 Å². The highest BCUT2D eigenvalue weighted by Gasteiger charge is 2.35. The lowest BCUT2D eigenvalue weighted by Crippen LogP contribution is -2.34. The Hall–Kier alpha value is -2.30. The van der Waals surface area contributed by atoms with Crippen LogP contribution in [0, 0.1) is 0 Å². The molecule has 1 aromatic heterocycles. The normalized spacial score (nSPS) is 18.1. The van der Waals surface area contributed by atoms with Gasteiger partial charge in [-0.3, -0.25) is 4.79 Å². The molecule has 0 atom stereocenters. The molecule has 5 nitrogen and oxygen atoms in total. The van der Waals surface area contributed by atoms with Crippen molar-refractivity contribution in [3.05, 3.63) is 29.8 Å². The first-order valence-electron chi connectivity index (χ1n) is 7.14. The van der Waals surface area contributed by atoms with Crippen molar-refractivity contribution in [2.45, 2.75) is 25.4 Å². The van der Waals surface area contributed by atoms with Crippen molar-refractivity contribution in [1.29, 1.82) is 0 Å². The summed E-state index contributed by atoms with van der Waals surface area (Å²) in [6, 6.07) is 8.17. The van der Waals surface area contributed by atoms with Crippen LogP contribution in [0.1, 0.15) is 18.4 Å². The molecule has 0 radical (unpaired) electrons. The summed E-state index contributed by atoms with van der Waals surface area (Å²) in [5, 5.41) is 1.00. The molecule has 0 unspecified atom stereocenters. The molecule has 1 saturated carbocycles. The van der Waals surface area contributed by atoms with E-state index >= 15 is 0 Å². The predicted molar refractivity (Wildman–Crippen MR) is 77.4 cm³/mol. The van der Waals surface area contributed by atoms with Crippen molar-refractivity contribution < 1.29 is 14.3 Å². The average molecular weight is 284 g/mol. The van der Waals surface area contributed by atoms with Gasteiger partial charge in [0, 0.05) is 17.0 Å². The highest BCUT2D eigenvalue weighted by molar-refractivity contribution is 5.83. The SMILES string of the molecule is COc1ccc2nc3c(cc2c1)CN(C1CC1)C(=O)CO3. The van der Waals surface area contributed by atoms with E-state index in [9.17, 15) is 4.79 Å². The number of carbonyl (C=O) groups excluding carboxylic acids is 1. The Morgan fingerprint density at radius 1 is 1.33 bits per heavy atom. The van der Waals surface area contributed by atoms with E-state index in [1.165, 1.54) is 0 Å². The third kappa shape index (κ3) is 2.18. The molecule has 0 N–H and O–H groups in total. The van der Waals surface area contributed by atoms with E-state index in [1.807, 2.05) is 29.2 Å². The van der Waals surface area contributed by atoms with E-state index < -0.39 is 0 Å². The Labute approximate surface area is 122 Å². The summed E-state index contributed by atoms with van der Waals surface area (Å²) in [7, 11) is 1.65. The third-order valence-electron chi connectivity index (χ3n) is 4.04. The van der Waals surface area contributed by atoms with Crippen LogP contribution in [0.25, 0.3) is 10.9 Å². The summed E-state index contributed by atoms with van der Waals surface area (Å²) < 4.78 is 10.9. The number of amides is 1. The first kappa shape index (κ1) is 12.4. The van der Waals surface area contributed by atoms with Gasteiger partial charge in [-0.05, 0) is 37.1 Å². The monoisotopic (exact) mass is 284 g/mol. The number of fused-ring (bicyclic) bond motifs is 2. The lowest BCUT2D eigenvalue weighted by molar-refractivity contribution is -0.133. The van der Waals surface area contributed by atoms with Crippen LogP contribution >= 0.6 is 0 Å². The summed E-state index contributed by atoms with van der Waals surface area (Å²) in [5.41, 5.74) is 1.82. The number of aromatic nitrogens is 1. The minimum atomic E-state index is 0.0529. The van der Waals surface area contributed by atoms with Gasteiger partial charge in [0.25, 0.3) is 5.91 Å². The van der Waals surface area contributed by atoms with Crippen LogP contribution in [-0.2, 0) is 11.3 Å². The molecule has 1 aromatic carbocycles. The zero-order valence-corrected chi connectivity index (χ0v) is 11.8. The number of benzene rings is 1. The highest BCUT2D eigenvalue weighted by Crippen LogP contribution is 2.33. The summed E-state index contributed by atoms with van der Waals surface area (Å²) >= 11 is 0. The Bertz CT molecular complexity index is 725. The molecule has 1 aliphatic carbocycles. The average Bonchev–Trinajstić information content (AvgIpc) is 3.33. The van der Waals surface area contributed by atoms with Crippen molar-refractivity contribution in [3.8, 4) is 11.6 Å². The number of carbonyl (C=O) groups is 1. The number of hydrogen-bond donors (Lipinski definition) is 0. The fourth-order valence-electron chi connectivity index (χ4n) is 2.75. The van der Waals surface area contributed by atoms with Gasteiger partial charge in [0.2, 0.25) is 5.88 Å². The van der Waals surface area contributed by atoms with E-state index in [1.54, 1.807) is 7.11 Å². The van der Waals surface area contributed by atoms with Gasteiger partial charge in [-0.15, -0.1) is 0 Å². The second kappa shape index (κ2) is 4.62. The molecule has 21 heavy (non-hydrogen) atoms. The molecule has 0 spiro atoms. The van der Waals surface area contributed by atoms with Gasteiger partial charge in [-0.1, -0.05) is 0 Å². The number of methoxy groups -OCH3 is 1. The Morgan fingerprint density at radius 2 is 2.19 bits per heavy atom. The van der Waals surface area contributed by atoms with Gasteiger partial charge in [0.15, 0.2) is 6.61 Å². The third-order valence-corrected chi connectivity index (χ3v) is 4.04. The molecule has 108 valence electrons. The van der Waals surface area contributed by atoms with Crippen molar-refractivity contribution in [3.63, 3.8) is 0 Å². The Morgan fingerprint density at radius 3 is 2.95 bits per heavy atom. The lowest BCUT2D eigenvalue weighted by atomic mass is 10.1. The summed E-state index contributed by atoms with van der Waals surface area (Å²) in [6.07, 6.45) is 2.19. The van der Waals surface area contributed by atoms with Gasteiger partial charge in [-0.25, -0.2) is 4.98 Å². The second-order valence-corrected chi connectivity index (χ2v) is 5.55. The van der Waals surface area contributed by atoms with Crippen molar-refractivity contribution >= 4 is 16.8 Å². The lowest BCUT2D eigenvalue weighted by Gasteiger charge is -2.19. The number of nitrogens with zero attached hydrogens (tertiary/aromatic N) is 2. The van der Waals surface area contributed by atoms with Crippen LogP contribution in [0.4, 0.5) is 0 Å². The van der Waals surface area contributed by atoms with E-state index in [-0.39, 0.29) is 12.5 Å². The van der Waals surface area contributed by atoms with Crippen molar-refractivity contribution in [2.24, 2.45) is 0 Å². The first-order chi connectivity index (χ1) is 10.2. The standard InChI is InChI=1S/C16H16N2O3/c1-20-13-4-5-14-10(7-13)6-11-8-18(12-2-3-12)15(19)9-21-16(11)17-14/h4-7,12H,2-3,8-9H2,1H3. The summed E-state index contributed by atoms with van der Waals surface area (Å²) in [5.74, 6) is 1.43. The number of rotatable bonds is 2. The molecule has 4 rings (SSSR count). The molecule has 5 heteroatoms. The molecule has 2 aliphatic rings. The molecule has 0 saturated heterocycles. The van der Waals surface area contributed by atoms with Crippen molar-refractivity contribution in [2.75, 3.05) is 13.7 Å². The van der Waals surface area contributed by atoms with Gasteiger partial charge >= 0.3 is 0 Å². The smallest absolute Gasteiger partial charge is 0.261 e. The maximum atomic E-state index is 12.1. The highest BCUT2D eigenvalue weighted by atomic mass is 16.5. The Balaban J connectivity index is 1.79. The molecule has 1 fully saturated rings. The van der Waals surface area contributed by atoms with Crippen LogP contribution in [0.15, 0.2) is 24.3 Å². The zero-order valence-electron chi connectivity index (χ0n) is 11.8. The quantitative estimate of drug-likeness (QED) is 0.847. The van der Waals surface area contributed by atoms with Gasteiger partial charge < -0.3 is 14.4 Å². The maximum Gasteiger partial charge on any atom is 0.261 e. The first-order valence-corrected chi connectivity index (χ1v) is 7.14. The molecular weight excluding hydrogens is 268 g/mol. The van der Waals surface area contributed by atoms with Crippen LogP contribution in [0.2, 0.25) is 0 Å². The van der Waals surface area contributed by atoms with Crippen LogP contribution in [-0.4, -0.2) is 35.5 Å². The number of pyridine rings is 1. The maximum absolute atomic E-state index is 12.1. The molecule has 0 bridgehead atoms. The minimum absolute atomic E-state index is 0.0529. The van der Waals surface area contributed by atoms with Crippen molar-refractivity contribution in [1.82, 2.24) is 9.88 Å². The van der Waals surface area contributed by atoms with E-state index in [4.69, 9.17) is 9.47 Å². The fourth-order valence-corrected chi connectivity index (χ4v) is 2.75. The molecule has 2 aromatic rings. The Kier molecular flexibility index (Phi) is 2.74. The van der Waals surface area contributed by atoms with E-state index in [2.05, 4.69) is 4.98 Å². The largest absolute Gasteiger partial charge is 0.497 e. The van der Waals surface area contributed by atoms with Gasteiger partial charge in [0.1, 0.15) is 5.75 Å². The number of ether oxygens (including phenoxy) is 2. The topological polar surface area (TPSA) is 51.7 Å². The fraction of sp³-hybridized carbons (Fsp3) is 0.375. The van der Waals surface area contributed by atoms with E-state index in [0.717, 1.165) is 35.1 Å². The minimum Gasteiger partial charge on any atom is -0.497 e.